The second kappa shape index (κ2) is 4.76. The quantitative estimate of drug-likeness (QED) is 0.872. The van der Waals surface area contributed by atoms with Crippen LogP contribution in [0.5, 0.6) is 0 Å². The second-order valence-corrected chi connectivity index (χ2v) is 5.34. The van der Waals surface area contributed by atoms with Gasteiger partial charge in [-0.25, -0.2) is 0 Å². The lowest BCUT2D eigenvalue weighted by Gasteiger charge is -2.29. The molecule has 1 saturated heterocycles. The van der Waals surface area contributed by atoms with Gasteiger partial charge in [0.1, 0.15) is 0 Å². The highest BCUT2D eigenvalue weighted by Gasteiger charge is 2.41. The summed E-state index contributed by atoms with van der Waals surface area (Å²) >= 11 is 0. The molecule has 1 aliphatic heterocycles. The van der Waals surface area contributed by atoms with Crippen molar-refractivity contribution in [1.82, 2.24) is 5.32 Å². The largest absolute Gasteiger partial charge is 0.448 e. The molecule has 1 N–H and O–H groups in total. The lowest BCUT2D eigenvalue weighted by Crippen LogP contribution is -2.48. The molecule has 0 aromatic carbocycles. The van der Waals surface area contributed by atoms with Crippen molar-refractivity contribution in [2.45, 2.75) is 44.2 Å². The number of hydrogen-bond acceptors (Lipinski definition) is 3. The lowest BCUT2D eigenvalue weighted by molar-refractivity contribution is -0.120. The first-order chi connectivity index (χ1) is 8.81. The number of nitrogens with one attached hydrogen (secondary N) is 1. The van der Waals surface area contributed by atoms with Crippen LogP contribution in [0.2, 0.25) is 0 Å². The number of carbonyl (C=O) groups is 1. The third-order valence-electron chi connectivity index (χ3n) is 4.40. The molecular formula is C14H20N2O2. The van der Waals surface area contributed by atoms with Crippen LogP contribution in [0, 0.1) is 5.92 Å². The number of rotatable bonds is 2. The maximum absolute atomic E-state index is 12.6. The second-order valence-electron chi connectivity index (χ2n) is 5.34. The Kier molecular flexibility index (Phi) is 3.12. The Morgan fingerprint density at radius 3 is 2.94 bits per heavy atom. The summed E-state index contributed by atoms with van der Waals surface area (Å²) in [6.07, 6.45) is 7.29. The van der Waals surface area contributed by atoms with Crippen LogP contribution in [0.15, 0.2) is 22.8 Å². The molecule has 3 atom stereocenters. The summed E-state index contributed by atoms with van der Waals surface area (Å²) < 4.78 is 5.48. The fourth-order valence-corrected chi connectivity index (χ4v) is 3.48. The smallest absolute Gasteiger partial charge is 0.246 e. The summed E-state index contributed by atoms with van der Waals surface area (Å²) in [6.45, 7) is 0. The molecule has 3 unspecified atom stereocenters. The van der Waals surface area contributed by atoms with Gasteiger partial charge in [-0.05, 0) is 44.7 Å². The highest BCUT2D eigenvalue weighted by atomic mass is 16.3. The van der Waals surface area contributed by atoms with Gasteiger partial charge >= 0.3 is 0 Å². The molecule has 98 valence electrons. The number of furan rings is 1. The van der Waals surface area contributed by atoms with Crippen molar-refractivity contribution in [2.24, 2.45) is 5.92 Å². The minimum Gasteiger partial charge on any atom is -0.448 e. The predicted octanol–water partition coefficient (Wildman–Crippen LogP) is 2.16. The van der Waals surface area contributed by atoms with Gasteiger partial charge in [0, 0.05) is 12.1 Å². The maximum Gasteiger partial charge on any atom is 0.246 e. The Morgan fingerprint density at radius 1 is 1.33 bits per heavy atom. The van der Waals surface area contributed by atoms with E-state index in [0.29, 0.717) is 17.8 Å². The summed E-state index contributed by atoms with van der Waals surface area (Å²) in [4.78, 5) is 14.5. The topological polar surface area (TPSA) is 45.5 Å². The Balaban J connectivity index is 1.96. The molecule has 1 aromatic heterocycles. The maximum atomic E-state index is 12.6. The normalized spacial score (nSPS) is 32.4. The molecule has 1 aromatic rings. The number of hydrogen-bond donors (Lipinski definition) is 1. The van der Waals surface area contributed by atoms with Crippen LogP contribution in [0.25, 0.3) is 0 Å². The first-order valence-corrected chi connectivity index (χ1v) is 6.85. The number of nitrogens with zero attached hydrogens (tertiary/aromatic N) is 1. The highest BCUT2D eigenvalue weighted by Crippen LogP contribution is 2.38. The molecule has 0 radical (unpaired) electrons. The van der Waals surface area contributed by atoms with Gasteiger partial charge in [0.2, 0.25) is 11.8 Å². The summed E-state index contributed by atoms with van der Waals surface area (Å²) in [7, 11) is 1.87. The van der Waals surface area contributed by atoms with E-state index in [2.05, 4.69) is 5.32 Å². The summed E-state index contributed by atoms with van der Waals surface area (Å²) in [5, 5.41) is 3.14. The van der Waals surface area contributed by atoms with Gasteiger partial charge in [0.15, 0.2) is 0 Å². The molecule has 0 bridgehead atoms. The fourth-order valence-electron chi connectivity index (χ4n) is 3.48. The molecule has 0 spiro atoms. The summed E-state index contributed by atoms with van der Waals surface area (Å²) in [5.74, 6) is 1.51. The van der Waals surface area contributed by atoms with E-state index in [-0.39, 0.29) is 11.9 Å². The SMILES string of the molecule is CNC1CCC2CCCC2N(c2ccco2)C1=O. The summed E-state index contributed by atoms with van der Waals surface area (Å²) in [6, 6.07) is 4.01. The van der Waals surface area contributed by atoms with Crippen molar-refractivity contribution in [1.29, 1.82) is 0 Å². The predicted molar refractivity (Wildman–Crippen MR) is 69.4 cm³/mol. The number of carbonyl (C=O) groups excluding carboxylic acids is 1. The van der Waals surface area contributed by atoms with E-state index >= 15 is 0 Å². The standard InChI is InChI=1S/C14H20N2O2/c1-15-11-8-7-10-4-2-5-12(10)16(14(11)17)13-6-3-9-18-13/h3,6,9-12,15H,2,4-5,7-8H2,1H3. The van der Waals surface area contributed by atoms with Gasteiger partial charge in [-0.3, -0.25) is 9.69 Å². The lowest BCUT2D eigenvalue weighted by atomic mass is 9.97. The minimum atomic E-state index is -0.0688. The van der Waals surface area contributed by atoms with Crippen LogP contribution in [-0.2, 0) is 4.79 Å². The first kappa shape index (κ1) is 11.8. The van der Waals surface area contributed by atoms with E-state index in [1.165, 1.54) is 12.8 Å². The number of likely N-dealkylation sites (N-methyl/N-ethyl adjacent to an activating group) is 1. The molecule has 1 amide bonds. The zero-order chi connectivity index (χ0) is 12.5. The number of anilines is 1. The molecule has 2 heterocycles. The molecule has 18 heavy (non-hydrogen) atoms. The van der Waals surface area contributed by atoms with Crippen molar-refractivity contribution in [3.8, 4) is 0 Å². The molecule has 2 aliphatic rings. The van der Waals surface area contributed by atoms with Crippen molar-refractivity contribution < 1.29 is 9.21 Å². The van der Waals surface area contributed by atoms with Crippen LogP contribution in [0.3, 0.4) is 0 Å². The van der Waals surface area contributed by atoms with E-state index in [1.807, 2.05) is 24.1 Å². The number of amides is 1. The van der Waals surface area contributed by atoms with Gasteiger partial charge in [0.25, 0.3) is 0 Å². The Labute approximate surface area is 107 Å². The average molecular weight is 248 g/mol. The van der Waals surface area contributed by atoms with E-state index in [1.54, 1.807) is 6.26 Å². The molecule has 2 fully saturated rings. The highest BCUT2D eigenvalue weighted by molar-refractivity contribution is 5.97. The van der Waals surface area contributed by atoms with E-state index in [4.69, 9.17) is 4.42 Å². The molecule has 4 heteroatoms. The zero-order valence-corrected chi connectivity index (χ0v) is 10.8. The fraction of sp³-hybridized carbons (Fsp3) is 0.643. The van der Waals surface area contributed by atoms with Crippen LogP contribution in [-0.4, -0.2) is 25.0 Å². The van der Waals surface area contributed by atoms with Crippen molar-refractivity contribution in [2.75, 3.05) is 11.9 Å². The Morgan fingerprint density at radius 2 is 2.22 bits per heavy atom. The van der Waals surface area contributed by atoms with Crippen LogP contribution in [0.1, 0.15) is 32.1 Å². The Bertz CT molecular complexity index is 415. The molecule has 3 rings (SSSR count). The third kappa shape index (κ3) is 1.85. The molecule has 4 nitrogen and oxygen atoms in total. The molecule has 1 saturated carbocycles. The van der Waals surface area contributed by atoms with Crippen molar-refractivity contribution in [3.63, 3.8) is 0 Å². The van der Waals surface area contributed by atoms with Crippen LogP contribution >= 0.6 is 0 Å². The third-order valence-corrected chi connectivity index (χ3v) is 4.40. The van der Waals surface area contributed by atoms with E-state index in [9.17, 15) is 4.79 Å². The first-order valence-electron chi connectivity index (χ1n) is 6.85. The van der Waals surface area contributed by atoms with Gasteiger partial charge in [0.05, 0.1) is 12.3 Å². The number of fused-ring (bicyclic) bond motifs is 1. The van der Waals surface area contributed by atoms with Crippen molar-refractivity contribution in [3.05, 3.63) is 18.4 Å². The van der Waals surface area contributed by atoms with E-state index < -0.39 is 0 Å². The van der Waals surface area contributed by atoms with Gasteiger partial charge in [-0.15, -0.1) is 0 Å². The average Bonchev–Trinajstić information content (AvgIpc) is 3.01. The van der Waals surface area contributed by atoms with Crippen LogP contribution < -0.4 is 10.2 Å². The van der Waals surface area contributed by atoms with Gasteiger partial charge < -0.3 is 9.73 Å². The molecule has 1 aliphatic carbocycles. The van der Waals surface area contributed by atoms with Crippen molar-refractivity contribution >= 4 is 11.8 Å². The Hall–Kier alpha value is -1.29. The van der Waals surface area contributed by atoms with Crippen LogP contribution in [0.4, 0.5) is 5.88 Å². The summed E-state index contributed by atoms with van der Waals surface area (Å²) in [5.41, 5.74) is 0. The van der Waals surface area contributed by atoms with Gasteiger partial charge in [-0.2, -0.15) is 0 Å². The van der Waals surface area contributed by atoms with Gasteiger partial charge in [-0.1, -0.05) is 6.42 Å². The van der Waals surface area contributed by atoms with E-state index in [0.717, 1.165) is 19.3 Å². The molecular weight excluding hydrogens is 228 g/mol. The monoisotopic (exact) mass is 248 g/mol. The zero-order valence-electron chi connectivity index (χ0n) is 10.8. The minimum absolute atomic E-state index is 0.0688.